The number of rotatable bonds is 4. The average Bonchev–Trinajstić information content (AvgIpc) is 3.16. The fraction of sp³-hybridized carbons (Fsp3) is 0.167. The van der Waals surface area contributed by atoms with E-state index in [2.05, 4.69) is 5.32 Å². The first kappa shape index (κ1) is 18.7. The minimum Gasteiger partial charge on any atom is -0.462 e. The first-order valence-corrected chi connectivity index (χ1v) is 9.59. The Morgan fingerprint density at radius 3 is 2.45 bits per heavy atom. The molecule has 0 atom stereocenters. The number of ether oxygens (including phenoxy) is 1. The number of carbonyl (C=O) groups excluding carboxylic acids is 2. The van der Waals surface area contributed by atoms with Gasteiger partial charge in [0, 0.05) is 39.5 Å². The summed E-state index contributed by atoms with van der Waals surface area (Å²) in [5.41, 5.74) is 5.94. The highest BCUT2D eigenvalue weighted by Crippen LogP contribution is 2.36. The maximum Gasteiger partial charge on any atom is 0.340 e. The van der Waals surface area contributed by atoms with Crippen molar-refractivity contribution >= 4 is 29.2 Å². The molecule has 1 aliphatic heterocycles. The van der Waals surface area contributed by atoms with Gasteiger partial charge in [0.25, 0.3) is 5.91 Å². The molecule has 29 heavy (non-hydrogen) atoms. The van der Waals surface area contributed by atoms with Crippen LogP contribution >= 0.6 is 0 Å². The van der Waals surface area contributed by atoms with Crippen LogP contribution in [0, 0.1) is 13.8 Å². The lowest BCUT2D eigenvalue weighted by Gasteiger charge is -2.09. The van der Waals surface area contributed by atoms with Gasteiger partial charge in [0.15, 0.2) is 0 Å². The molecule has 0 fully saturated rings. The van der Waals surface area contributed by atoms with Crippen LogP contribution in [-0.4, -0.2) is 23.1 Å². The summed E-state index contributed by atoms with van der Waals surface area (Å²) in [5.74, 6) is -0.563. The Balaban J connectivity index is 1.96. The first-order chi connectivity index (χ1) is 14.0. The van der Waals surface area contributed by atoms with Crippen molar-refractivity contribution in [2.75, 3.05) is 11.9 Å². The van der Waals surface area contributed by atoms with E-state index in [4.69, 9.17) is 4.74 Å². The fourth-order valence-corrected chi connectivity index (χ4v) is 3.89. The number of hydrogen-bond donors (Lipinski definition) is 1. The predicted octanol–water partition coefficient (Wildman–Crippen LogP) is 4.76. The minimum atomic E-state index is -0.388. The molecule has 146 valence electrons. The van der Waals surface area contributed by atoms with Crippen LogP contribution in [0.15, 0.2) is 54.6 Å². The highest BCUT2D eigenvalue weighted by Gasteiger charge is 2.28. The number of anilines is 1. The number of fused-ring (bicyclic) bond motifs is 1. The lowest BCUT2D eigenvalue weighted by atomic mass is 10.0. The maximum atomic E-state index is 12.8. The molecule has 2 aromatic carbocycles. The van der Waals surface area contributed by atoms with Crippen molar-refractivity contribution < 1.29 is 14.3 Å². The van der Waals surface area contributed by atoms with E-state index >= 15 is 0 Å². The Bertz CT molecular complexity index is 1140. The van der Waals surface area contributed by atoms with Crippen LogP contribution in [0.4, 0.5) is 5.69 Å². The lowest BCUT2D eigenvalue weighted by Crippen LogP contribution is -2.08. The van der Waals surface area contributed by atoms with Crippen molar-refractivity contribution in [1.29, 1.82) is 0 Å². The Labute approximate surface area is 169 Å². The van der Waals surface area contributed by atoms with Gasteiger partial charge >= 0.3 is 5.97 Å². The van der Waals surface area contributed by atoms with Crippen LogP contribution in [0.25, 0.3) is 17.3 Å². The molecule has 1 amide bonds. The molecule has 5 heteroatoms. The molecule has 1 aromatic heterocycles. The number of para-hydroxylation sites is 2. The zero-order valence-corrected chi connectivity index (χ0v) is 16.7. The summed E-state index contributed by atoms with van der Waals surface area (Å²) in [6.45, 7) is 5.92. The molecule has 0 saturated heterocycles. The van der Waals surface area contributed by atoms with Crippen LogP contribution in [0.1, 0.15) is 39.8 Å². The van der Waals surface area contributed by atoms with Gasteiger partial charge in [-0.15, -0.1) is 0 Å². The van der Waals surface area contributed by atoms with Crippen LogP contribution in [0.5, 0.6) is 0 Å². The van der Waals surface area contributed by atoms with Crippen molar-refractivity contribution in [3.05, 3.63) is 82.7 Å². The van der Waals surface area contributed by atoms with Crippen molar-refractivity contribution in [2.24, 2.45) is 0 Å². The second-order valence-corrected chi connectivity index (χ2v) is 6.91. The fourth-order valence-electron chi connectivity index (χ4n) is 3.89. The molecule has 0 radical (unpaired) electrons. The molecule has 0 spiro atoms. The van der Waals surface area contributed by atoms with Gasteiger partial charge in [0.2, 0.25) is 0 Å². The van der Waals surface area contributed by atoms with Gasteiger partial charge in [-0.2, -0.15) is 0 Å². The quantitative estimate of drug-likeness (QED) is 0.519. The van der Waals surface area contributed by atoms with Gasteiger partial charge in [-0.25, -0.2) is 4.79 Å². The third-order valence-electron chi connectivity index (χ3n) is 5.18. The molecule has 5 nitrogen and oxygen atoms in total. The van der Waals surface area contributed by atoms with Gasteiger partial charge < -0.3 is 14.6 Å². The number of amides is 1. The van der Waals surface area contributed by atoms with E-state index in [0.717, 1.165) is 28.3 Å². The van der Waals surface area contributed by atoms with Crippen molar-refractivity contribution in [3.8, 4) is 5.69 Å². The summed E-state index contributed by atoms with van der Waals surface area (Å²) in [5, 5.41) is 2.88. The van der Waals surface area contributed by atoms with E-state index in [1.54, 1.807) is 13.0 Å². The second-order valence-electron chi connectivity index (χ2n) is 6.91. The maximum absolute atomic E-state index is 12.8. The average molecular weight is 386 g/mol. The number of esters is 1. The molecule has 2 heterocycles. The number of aromatic nitrogens is 1. The Kier molecular flexibility index (Phi) is 4.80. The van der Waals surface area contributed by atoms with Crippen molar-refractivity contribution in [3.63, 3.8) is 0 Å². The highest BCUT2D eigenvalue weighted by molar-refractivity contribution is 6.35. The molecule has 1 aliphatic rings. The van der Waals surface area contributed by atoms with E-state index in [0.29, 0.717) is 16.7 Å². The molecule has 0 aliphatic carbocycles. The summed E-state index contributed by atoms with van der Waals surface area (Å²) in [6.07, 6.45) is 1.80. The lowest BCUT2D eigenvalue weighted by molar-refractivity contribution is -0.110. The zero-order chi connectivity index (χ0) is 20.5. The summed E-state index contributed by atoms with van der Waals surface area (Å²) in [6, 6.07) is 17.4. The standard InChI is InChI=1S/C24H22N2O3/c1-4-29-24(28)22-16(3)26(17-10-6-5-7-11-17)15(2)19(22)14-20-18-12-8-9-13-21(18)25-23(20)27/h5-14H,4H2,1-3H3,(H,25,27). The molecule has 3 aromatic rings. The molecule has 0 bridgehead atoms. The summed E-state index contributed by atoms with van der Waals surface area (Å²) >= 11 is 0. The normalized spacial score (nSPS) is 14.0. The van der Waals surface area contributed by atoms with Crippen molar-refractivity contribution in [1.82, 2.24) is 4.57 Å². The number of nitrogens with one attached hydrogen (secondary N) is 1. The van der Waals surface area contributed by atoms with Gasteiger partial charge in [0.05, 0.1) is 12.2 Å². The molecule has 0 unspecified atom stereocenters. The first-order valence-electron chi connectivity index (χ1n) is 9.59. The number of carbonyl (C=O) groups is 2. The van der Waals surface area contributed by atoms with Crippen LogP contribution in [-0.2, 0) is 9.53 Å². The minimum absolute atomic E-state index is 0.175. The van der Waals surface area contributed by atoms with Crippen LogP contribution < -0.4 is 5.32 Å². The third kappa shape index (κ3) is 3.14. The Morgan fingerprint density at radius 1 is 1.03 bits per heavy atom. The number of benzene rings is 2. The van der Waals surface area contributed by atoms with E-state index in [-0.39, 0.29) is 18.5 Å². The SMILES string of the molecule is CCOC(=O)c1c(C=C2C(=O)Nc3ccccc32)c(C)n(-c2ccccc2)c1C. The summed E-state index contributed by atoms with van der Waals surface area (Å²) < 4.78 is 7.36. The van der Waals surface area contributed by atoms with Gasteiger partial charge in [0.1, 0.15) is 0 Å². The number of nitrogens with zero attached hydrogens (tertiary/aromatic N) is 1. The van der Waals surface area contributed by atoms with E-state index in [9.17, 15) is 9.59 Å². The monoisotopic (exact) mass is 386 g/mol. The van der Waals surface area contributed by atoms with Crippen LogP contribution in [0.2, 0.25) is 0 Å². The van der Waals surface area contributed by atoms with Gasteiger partial charge in [-0.3, -0.25) is 4.79 Å². The Morgan fingerprint density at radius 2 is 1.72 bits per heavy atom. The molecule has 0 saturated carbocycles. The van der Waals surface area contributed by atoms with E-state index in [1.165, 1.54) is 0 Å². The van der Waals surface area contributed by atoms with Gasteiger partial charge in [-0.05, 0) is 45.0 Å². The summed E-state index contributed by atoms with van der Waals surface area (Å²) in [7, 11) is 0. The zero-order valence-electron chi connectivity index (χ0n) is 16.7. The molecule has 1 N–H and O–H groups in total. The molecular formula is C24H22N2O3. The van der Waals surface area contributed by atoms with Crippen molar-refractivity contribution in [2.45, 2.75) is 20.8 Å². The van der Waals surface area contributed by atoms with E-state index < -0.39 is 0 Å². The third-order valence-corrected chi connectivity index (χ3v) is 5.18. The van der Waals surface area contributed by atoms with E-state index in [1.807, 2.05) is 73.0 Å². The predicted molar refractivity (Wildman–Crippen MR) is 114 cm³/mol. The molecule has 4 rings (SSSR count). The topological polar surface area (TPSA) is 60.3 Å². The highest BCUT2D eigenvalue weighted by atomic mass is 16.5. The Hall–Kier alpha value is -3.60. The molecular weight excluding hydrogens is 364 g/mol. The number of hydrogen-bond acceptors (Lipinski definition) is 3. The smallest absolute Gasteiger partial charge is 0.340 e. The largest absolute Gasteiger partial charge is 0.462 e. The van der Waals surface area contributed by atoms with Gasteiger partial charge in [-0.1, -0.05) is 36.4 Å². The van der Waals surface area contributed by atoms with Crippen LogP contribution in [0.3, 0.4) is 0 Å². The second kappa shape index (κ2) is 7.43. The summed E-state index contributed by atoms with van der Waals surface area (Å²) in [4.78, 5) is 25.4.